The molecule has 0 radical (unpaired) electrons. The molecule has 0 aromatic heterocycles. The first-order valence-corrected chi connectivity index (χ1v) is 5.46. The summed E-state index contributed by atoms with van der Waals surface area (Å²) in [6, 6.07) is 0. The summed E-state index contributed by atoms with van der Waals surface area (Å²) < 4.78 is 4.58. The Morgan fingerprint density at radius 3 is 1.79 bits per heavy atom. The van der Waals surface area contributed by atoms with Gasteiger partial charge in [-0.3, -0.25) is 14.4 Å². The maximum atomic E-state index is 11.7. The second kappa shape index (κ2) is 4.43. The zero-order valence-corrected chi connectivity index (χ0v) is 10.7. The maximum Gasteiger partial charge on any atom is 0.213 e. The van der Waals surface area contributed by atoms with Gasteiger partial charge in [-0.05, 0) is 20.8 Å². The molecule has 0 aliphatic carbocycles. The number of hydrogen-bond donors (Lipinski definition) is 4. The first kappa shape index (κ1) is 15.9. The van der Waals surface area contributed by atoms with E-state index in [4.69, 9.17) is 0 Å². The van der Waals surface area contributed by atoms with Gasteiger partial charge in [0.05, 0.1) is 6.61 Å². The third kappa shape index (κ3) is 1.68. The standard InChI is InChI=1S/C11H16O8/c1-5(12)9(16)4-19-8(15)10(17,6(2)13)11(9,18)7(3)14/h8,15-18H,4H2,1-3H3/t8?,9-,10-,11-/m0/s1. The fourth-order valence-corrected chi connectivity index (χ4v) is 2.26. The summed E-state index contributed by atoms with van der Waals surface area (Å²) in [6.07, 6.45) is -2.25. The minimum atomic E-state index is -3.20. The van der Waals surface area contributed by atoms with Crippen LogP contribution < -0.4 is 0 Å². The lowest BCUT2D eigenvalue weighted by molar-refractivity contribution is -0.334. The molecule has 1 fully saturated rings. The predicted molar refractivity (Wildman–Crippen MR) is 58.9 cm³/mol. The number of carbonyl (C=O) groups is 3. The lowest BCUT2D eigenvalue weighted by Crippen LogP contribution is -2.83. The van der Waals surface area contributed by atoms with E-state index in [-0.39, 0.29) is 0 Å². The van der Waals surface area contributed by atoms with Crippen molar-refractivity contribution in [2.24, 2.45) is 0 Å². The fourth-order valence-electron chi connectivity index (χ4n) is 2.26. The molecule has 19 heavy (non-hydrogen) atoms. The molecule has 4 N–H and O–H groups in total. The van der Waals surface area contributed by atoms with E-state index in [9.17, 15) is 34.8 Å². The molecule has 1 aliphatic heterocycles. The predicted octanol–water partition coefficient (Wildman–Crippen LogP) is -2.70. The summed E-state index contributed by atoms with van der Waals surface area (Å²) in [4.78, 5) is 34.7. The van der Waals surface area contributed by atoms with Crippen LogP contribution in [-0.4, -0.2) is 67.5 Å². The summed E-state index contributed by atoms with van der Waals surface area (Å²) in [5.74, 6) is -3.56. The van der Waals surface area contributed by atoms with Crippen LogP contribution in [-0.2, 0) is 19.1 Å². The summed E-state index contributed by atoms with van der Waals surface area (Å²) in [6.45, 7) is 1.48. The normalized spacial score (nSPS) is 42.8. The van der Waals surface area contributed by atoms with Crippen LogP contribution in [0.15, 0.2) is 0 Å². The van der Waals surface area contributed by atoms with Crippen molar-refractivity contribution in [1.82, 2.24) is 0 Å². The van der Waals surface area contributed by atoms with Gasteiger partial charge >= 0.3 is 0 Å². The van der Waals surface area contributed by atoms with E-state index >= 15 is 0 Å². The minimum Gasteiger partial charge on any atom is -0.376 e. The molecule has 1 saturated heterocycles. The number of hydrogen-bond acceptors (Lipinski definition) is 8. The highest BCUT2D eigenvalue weighted by Crippen LogP contribution is 2.42. The van der Waals surface area contributed by atoms with Gasteiger partial charge in [-0.2, -0.15) is 0 Å². The average Bonchev–Trinajstić information content (AvgIpc) is 2.30. The van der Waals surface area contributed by atoms with Crippen LogP contribution in [0, 0.1) is 0 Å². The number of ketones is 3. The molecule has 1 rings (SSSR count). The molecular weight excluding hydrogens is 260 g/mol. The number of aliphatic hydroxyl groups excluding tert-OH is 1. The van der Waals surface area contributed by atoms with E-state index in [1.807, 2.05) is 0 Å². The van der Waals surface area contributed by atoms with Gasteiger partial charge in [0, 0.05) is 0 Å². The molecule has 1 aliphatic rings. The Bertz CT molecular complexity index is 446. The van der Waals surface area contributed by atoms with Gasteiger partial charge in [0.15, 0.2) is 29.2 Å². The lowest BCUT2D eigenvalue weighted by atomic mass is 9.63. The molecular formula is C11H16O8. The zero-order valence-electron chi connectivity index (χ0n) is 10.7. The second-order valence-electron chi connectivity index (χ2n) is 4.67. The van der Waals surface area contributed by atoms with Crippen LogP contribution in [0.3, 0.4) is 0 Å². The molecule has 1 unspecified atom stereocenters. The van der Waals surface area contributed by atoms with Crippen LogP contribution in [0.25, 0.3) is 0 Å². The van der Waals surface area contributed by atoms with Crippen molar-refractivity contribution in [3.63, 3.8) is 0 Å². The molecule has 8 heteroatoms. The van der Waals surface area contributed by atoms with E-state index in [1.54, 1.807) is 0 Å². The largest absolute Gasteiger partial charge is 0.376 e. The molecule has 0 spiro atoms. The van der Waals surface area contributed by atoms with Crippen LogP contribution in [0.2, 0.25) is 0 Å². The zero-order chi connectivity index (χ0) is 15.2. The van der Waals surface area contributed by atoms with Crippen LogP contribution in [0.4, 0.5) is 0 Å². The van der Waals surface area contributed by atoms with Crippen LogP contribution in [0.1, 0.15) is 20.8 Å². The number of ether oxygens (including phenoxy) is 1. The Balaban J connectivity index is 3.65. The SMILES string of the molecule is CC(=O)[C@]1(O)[C@@](O)(C(C)=O)COC(O)[C@@]1(O)C(C)=O. The summed E-state index contributed by atoms with van der Waals surface area (Å²) >= 11 is 0. The van der Waals surface area contributed by atoms with E-state index in [0.29, 0.717) is 0 Å². The van der Waals surface area contributed by atoms with Crippen molar-refractivity contribution in [3.8, 4) is 0 Å². The van der Waals surface area contributed by atoms with Gasteiger partial charge in [-0.15, -0.1) is 0 Å². The molecule has 0 amide bonds. The molecule has 0 aromatic carbocycles. The van der Waals surface area contributed by atoms with E-state index in [1.165, 1.54) is 0 Å². The van der Waals surface area contributed by atoms with Gasteiger partial charge < -0.3 is 25.2 Å². The highest BCUT2D eigenvalue weighted by atomic mass is 16.6. The summed E-state index contributed by atoms with van der Waals surface area (Å²) in [5.41, 5.74) is -9.18. The molecule has 0 saturated carbocycles. The number of carbonyl (C=O) groups excluding carboxylic acids is 3. The van der Waals surface area contributed by atoms with Gasteiger partial charge in [0.1, 0.15) is 0 Å². The van der Waals surface area contributed by atoms with Crippen molar-refractivity contribution >= 4 is 17.3 Å². The van der Waals surface area contributed by atoms with Gasteiger partial charge in [-0.25, -0.2) is 0 Å². The number of Topliss-reactive ketones (excluding diaryl/α,β-unsaturated/α-hetero) is 3. The minimum absolute atomic E-state index is 0.778. The molecule has 108 valence electrons. The van der Waals surface area contributed by atoms with Crippen LogP contribution >= 0.6 is 0 Å². The van der Waals surface area contributed by atoms with Crippen molar-refractivity contribution in [2.45, 2.75) is 43.9 Å². The smallest absolute Gasteiger partial charge is 0.213 e. The first-order chi connectivity index (χ1) is 8.46. The molecule has 4 atom stereocenters. The summed E-state index contributed by atoms with van der Waals surface area (Å²) in [5, 5.41) is 40.3. The van der Waals surface area contributed by atoms with Gasteiger partial charge in [0.2, 0.25) is 11.2 Å². The Labute approximate surface area is 108 Å². The Kier molecular flexibility index (Phi) is 3.70. The highest BCUT2D eigenvalue weighted by molar-refractivity contribution is 6.04. The Morgan fingerprint density at radius 1 is 1.00 bits per heavy atom. The Morgan fingerprint density at radius 2 is 1.47 bits per heavy atom. The molecule has 1 heterocycles. The Hall–Kier alpha value is -1.19. The third-order valence-electron chi connectivity index (χ3n) is 3.59. The number of aliphatic hydroxyl groups is 4. The van der Waals surface area contributed by atoms with Gasteiger partial charge in [0.25, 0.3) is 0 Å². The third-order valence-corrected chi connectivity index (χ3v) is 3.59. The number of rotatable bonds is 3. The monoisotopic (exact) mass is 276 g/mol. The van der Waals surface area contributed by atoms with Crippen LogP contribution in [0.5, 0.6) is 0 Å². The second-order valence-corrected chi connectivity index (χ2v) is 4.67. The molecule has 0 aromatic rings. The summed E-state index contributed by atoms with van der Waals surface area (Å²) in [7, 11) is 0. The van der Waals surface area contributed by atoms with Crippen molar-refractivity contribution in [2.75, 3.05) is 6.61 Å². The maximum absolute atomic E-state index is 11.7. The van der Waals surface area contributed by atoms with Crippen molar-refractivity contribution in [3.05, 3.63) is 0 Å². The van der Waals surface area contributed by atoms with E-state index in [2.05, 4.69) is 4.74 Å². The average molecular weight is 276 g/mol. The fraction of sp³-hybridized carbons (Fsp3) is 0.727. The highest BCUT2D eigenvalue weighted by Gasteiger charge is 2.75. The van der Waals surface area contributed by atoms with E-state index < -0.39 is 47.0 Å². The molecule has 0 bridgehead atoms. The van der Waals surface area contributed by atoms with Gasteiger partial charge in [-0.1, -0.05) is 0 Å². The van der Waals surface area contributed by atoms with Crippen molar-refractivity contribution in [1.29, 1.82) is 0 Å². The topological polar surface area (TPSA) is 141 Å². The van der Waals surface area contributed by atoms with E-state index in [0.717, 1.165) is 20.8 Å². The quantitative estimate of drug-likeness (QED) is 0.436. The lowest BCUT2D eigenvalue weighted by Gasteiger charge is -2.53. The first-order valence-electron chi connectivity index (χ1n) is 5.46. The van der Waals surface area contributed by atoms with Crippen molar-refractivity contribution < 1.29 is 39.5 Å². The molecule has 8 nitrogen and oxygen atoms in total.